The van der Waals surface area contributed by atoms with E-state index >= 15 is 0 Å². The maximum Gasteiger partial charge on any atom is 0.263 e. The zero-order chi connectivity index (χ0) is 15.6. The lowest BCUT2D eigenvalue weighted by molar-refractivity contribution is 0.0919. The van der Waals surface area contributed by atoms with Gasteiger partial charge in [0.05, 0.1) is 11.9 Å². The minimum Gasteiger partial charge on any atom is -0.396 e. The number of carbonyl (C=O) groups excluding carboxylic acids is 1. The maximum atomic E-state index is 12.3. The van der Waals surface area contributed by atoms with E-state index in [0.717, 1.165) is 10.6 Å². The van der Waals surface area contributed by atoms with Crippen molar-refractivity contribution in [3.8, 4) is 10.6 Å². The average molecular weight is 308 g/mol. The molecular weight excluding hydrogens is 288 g/mol. The molecule has 0 saturated carbocycles. The van der Waals surface area contributed by atoms with Crippen LogP contribution < -0.4 is 5.32 Å². The van der Waals surface area contributed by atoms with E-state index in [2.05, 4.69) is 15.4 Å². The van der Waals surface area contributed by atoms with Crippen LogP contribution in [0.5, 0.6) is 0 Å². The summed E-state index contributed by atoms with van der Waals surface area (Å²) >= 11 is 1.36. The molecule has 2 heterocycles. The molecule has 2 aromatic heterocycles. The first-order valence-electron chi connectivity index (χ1n) is 6.80. The molecule has 0 bridgehead atoms. The monoisotopic (exact) mass is 308 g/mol. The summed E-state index contributed by atoms with van der Waals surface area (Å²) in [4.78, 5) is 17.3. The number of aryl methyl sites for hydroxylation is 2. The van der Waals surface area contributed by atoms with Crippen molar-refractivity contribution in [1.82, 2.24) is 20.1 Å². The Balaban J connectivity index is 2.17. The SMILES string of the molecule is Cc1nc(-c2cnn(C)c2)sc1C(=O)NC(C)C(C)CO. The number of thiazole rings is 1. The van der Waals surface area contributed by atoms with Crippen LogP contribution in [0.15, 0.2) is 12.4 Å². The van der Waals surface area contributed by atoms with Crippen LogP contribution in [0.2, 0.25) is 0 Å². The molecule has 0 radical (unpaired) electrons. The highest BCUT2D eigenvalue weighted by atomic mass is 32.1. The minimum atomic E-state index is -0.145. The fourth-order valence-electron chi connectivity index (χ4n) is 1.83. The van der Waals surface area contributed by atoms with E-state index < -0.39 is 0 Å². The Labute approximate surface area is 127 Å². The maximum absolute atomic E-state index is 12.3. The van der Waals surface area contributed by atoms with E-state index in [4.69, 9.17) is 5.11 Å². The summed E-state index contributed by atoms with van der Waals surface area (Å²) in [7, 11) is 1.84. The largest absolute Gasteiger partial charge is 0.396 e. The summed E-state index contributed by atoms with van der Waals surface area (Å²) in [6, 6.07) is -0.0918. The van der Waals surface area contributed by atoms with Gasteiger partial charge in [-0.25, -0.2) is 4.98 Å². The Hall–Kier alpha value is -1.73. The summed E-state index contributed by atoms with van der Waals surface area (Å²) in [6.45, 7) is 5.65. The van der Waals surface area contributed by atoms with Gasteiger partial charge in [0.2, 0.25) is 0 Å². The fraction of sp³-hybridized carbons (Fsp3) is 0.500. The van der Waals surface area contributed by atoms with Gasteiger partial charge < -0.3 is 10.4 Å². The van der Waals surface area contributed by atoms with Crippen molar-refractivity contribution in [3.05, 3.63) is 23.0 Å². The van der Waals surface area contributed by atoms with Crippen molar-refractivity contribution < 1.29 is 9.90 Å². The topological polar surface area (TPSA) is 80.0 Å². The van der Waals surface area contributed by atoms with Gasteiger partial charge in [-0.1, -0.05) is 6.92 Å². The van der Waals surface area contributed by atoms with E-state index in [1.165, 1.54) is 11.3 Å². The Kier molecular flexibility index (Phi) is 4.74. The molecule has 0 saturated heterocycles. The molecule has 0 fully saturated rings. The molecule has 21 heavy (non-hydrogen) atoms. The van der Waals surface area contributed by atoms with Crippen LogP contribution in [-0.4, -0.2) is 38.4 Å². The lowest BCUT2D eigenvalue weighted by Gasteiger charge is -2.18. The molecule has 7 heteroatoms. The van der Waals surface area contributed by atoms with Crippen molar-refractivity contribution in [2.45, 2.75) is 26.8 Å². The number of nitrogens with zero attached hydrogens (tertiary/aromatic N) is 3. The predicted molar refractivity (Wildman–Crippen MR) is 82.2 cm³/mol. The number of aliphatic hydroxyl groups is 1. The van der Waals surface area contributed by atoms with E-state index in [0.29, 0.717) is 10.6 Å². The molecule has 2 N–H and O–H groups in total. The summed E-state index contributed by atoms with van der Waals surface area (Å²) < 4.78 is 1.71. The third-order valence-electron chi connectivity index (χ3n) is 3.45. The summed E-state index contributed by atoms with van der Waals surface area (Å²) in [5, 5.41) is 16.9. The number of nitrogens with one attached hydrogen (secondary N) is 1. The minimum absolute atomic E-state index is 0.0139. The van der Waals surface area contributed by atoms with Gasteiger partial charge in [0, 0.05) is 31.5 Å². The van der Waals surface area contributed by atoms with Crippen LogP contribution in [0.3, 0.4) is 0 Å². The lowest BCUT2D eigenvalue weighted by Crippen LogP contribution is -2.38. The van der Waals surface area contributed by atoms with Crippen molar-refractivity contribution in [1.29, 1.82) is 0 Å². The molecular formula is C14H20N4O2S. The van der Waals surface area contributed by atoms with Crippen LogP contribution in [0.1, 0.15) is 29.2 Å². The number of aliphatic hydroxyl groups excluding tert-OH is 1. The van der Waals surface area contributed by atoms with Gasteiger partial charge in [0.15, 0.2) is 0 Å². The molecule has 114 valence electrons. The zero-order valence-corrected chi connectivity index (χ0v) is 13.4. The fourth-order valence-corrected chi connectivity index (χ4v) is 2.78. The number of carbonyl (C=O) groups is 1. The van der Waals surface area contributed by atoms with E-state index in [1.54, 1.807) is 10.9 Å². The standard InChI is InChI=1S/C14H20N4O2S/c1-8(7-19)9(2)16-13(20)12-10(3)17-14(21-12)11-5-15-18(4)6-11/h5-6,8-9,19H,7H2,1-4H3,(H,16,20). The Morgan fingerprint density at radius 3 is 2.81 bits per heavy atom. The van der Waals surface area contributed by atoms with Crippen LogP contribution in [0, 0.1) is 12.8 Å². The highest BCUT2D eigenvalue weighted by Gasteiger charge is 2.20. The zero-order valence-electron chi connectivity index (χ0n) is 12.6. The number of amides is 1. The van der Waals surface area contributed by atoms with Crippen molar-refractivity contribution in [2.24, 2.45) is 13.0 Å². The molecule has 0 spiro atoms. The summed E-state index contributed by atoms with van der Waals surface area (Å²) in [5.41, 5.74) is 1.61. The van der Waals surface area contributed by atoms with Gasteiger partial charge in [0.25, 0.3) is 5.91 Å². The molecule has 1 amide bonds. The Morgan fingerprint density at radius 2 is 2.24 bits per heavy atom. The van der Waals surface area contributed by atoms with E-state index in [1.807, 2.05) is 34.0 Å². The molecule has 0 aliphatic rings. The highest BCUT2D eigenvalue weighted by molar-refractivity contribution is 7.17. The molecule has 2 aromatic rings. The molecule has 0 aliphatic heterocycles. The smallest absolute Gasteiger partial charge is 0.263 e. The van der Waals surface area contributed by atoms with Gasteiger partial charge in [-0.2, -0.15) is 5.10 Å². The van der Waals surface area contributed by atoms with Crippen LogP contribution in [0.4, 0.5) is 0 Å². The summed E-state index contributed by atoms with van der Waals surface area (Å²) in [5.74, 6) is -0.132. The molecule has 2 rings (SSSR count). The second-order valence-electron chi connectivity index (χ2n) is 5.26. The van der Waals surface area contributed by atoms with Gasteiger partial charge in [0.1, 0.15) is 9.88 Å². The third kappa shape index (κ3) is 3.48. The van der Waals surface area contributed by atoms with E-state index in [-0.39, 0.29) is 24.5 Å². The highest BCUT2D eigenvalue weighted by Crippen LogP contribution is 2.27. The first-order valence-corrected chi connectivity index (χ1v) is 7.62. The molecule has 0 aromatic carbocycles. The van der Waals surface area contributed by atoms with Crippen molar-refractivity contribution in [3.63, 3.8) is 0 Å². The van der Waals surface area contributed by atoms with Crippen LogP contribution in [0.25, 0.3) is 10.6 Å². The number of aromatic nitrogens is 3. The predicted octanol–water partition coefficient (Wildman–Crippen LogP) is 1.60. The second kappa shape index (κ2) is 6.36. The third-order valence-corrected chi connectivity index (χ3v) is 4.66. The second-order valence-corrected chi connectivity index (χ2v) is 6.26. The summed E-state index contributed by atoms with van der Waals surface area (Å²) in [6.07, 6.45) is 3.60. The first kappa shape index (κ1) is 15.7. The first-order chi connectivity index (χ1) is 9.92. The molecule has 2 unspecified atom stereocenters. The van der Waals surface area contributed by atoms with Gasteiger partial charge >= 0.3 is 0 Å². The number of hydrogen-bond acceptors (Lipinski definition) is 5. The van der Waals surface area contributed by atoms with Gasteiger partial charge in [-0.05, 0) is 19.8 Å². The van der Waals surface area contributed by atoms with E-state index in [9.17, 15) is 4.79 Å². The lowest BCUT2D eigenvalue weighted by atomic mass is 10.1. The molecule has 0 aliphatic carbocycles. The number of rotatable bonds is 5. The normalized spacial score (nSPS) is 14.0. The van der Waals surface area contributed by atoms with Crippen molar-refractivity contribution in [2.75, 3.05) is 6.61 Å². The van der Waals surface area contributed by atoms with Crippen molar-refractivity contribution >= 4 is 17.2 Å². The Bertz CT molecular complexity index is 635. The average Bonchev–Trinajstić information content (AvgIpc) is 3.03. The molecule has 2 atom stereocenters. The van der Waals surface area contributed by atoms with Gasteiger partial charge in [-0.3, -0.25) is 9.48 Å². The quantitative estimate of drug-likeness (QED) is 0.879. The van der Waals surface area contributed by atoms with Crippen LogP contribution in [-0.2, 0) is 7.05 Å². The Morgan fingerprint density at radius 1 is 1.52 bits per heavy atom. The van der Waals surface area contributed by atoms with Crippen LogP contribution >= 0.6 is 11.3 Å². The number of hydrogen-bond donors (Lipinski definition) is 2. The molecule has 6 nitrogen and oxygen atoms in total. The van der Waals surface area contributed by atoms with Gasteiger partial charge in [-0.15, -0.1) is 11.3 Å².